The molecule has 1 atom stereocenters. The number of hydrogen-bond acceptors (Lipinski definition) is 4. The molecule has 17 heavy (non-hydrogen) atoms. The summed E-state index contributed by atoms with van der Waals surface area (Å²) in [5.41, 5.74) is 0. The molecule has 0 spiro atoms. The second kappa shape index (κ2) is 6.47. The molecule has 98 valence electrons. The highest BCUT2D eigenvalue weighted by molar-refractivity contribution is 5.83. The van der Waals surface area contributed by atoms with Gasteiger partial charge < -0.3 is 9.47 Å². The summed E-state index contributed by atoms with van der Waals surface area (Å²) in [7, 11) is 2.04. The van der Waals surface area contributed by atoms with Gasteiger partial charge in [-0.2, -0.15) is 0 Å². The van der Waals surface area contributed by atoms with E-state index in [0.717, 1.165) is 45.6 Å². The first kappa shape index (κ1) is 13.0. The second-order valence-corrected chi connectivity index (χ2v) is 5.28. The lowest BCUT2D eigenvalue weighted by Crippen LogP contribution is -2.35. The summed E-state index contributed by atoms with van der Waals surface area (Å²) in [4.78, 5) is 14.1. The first-order valence-corrected chi connectivity index (χ1v) is 6.62. The molecular formula is C13H23NO3. The molecule has 0 bridgehead atoms. The third kappa shape index (κ3) is 4.05. The van der Waals surface area contributed by atoms with Crippen LogP contribution in [0.2, 0.25) is 0 Å². The molecule has 2 heterocycles. The van der Waals surface area contributed by atoms with Crippen molar-refractivity contribution in [2.75, 3.05) is 46.6 Å². The number of rotatable bonds is 5. The SMILES string of the molecule is CN(CC(=O)C1CCOC1)CC1CCOCC1. The van der Waals surface area contributed by atoms with Crippen molar-refractivity contribution < 1.29 is 14.3 Å². The van der Waals surface area contributed by atoms with Gasteiger partial charge in [-0.1, -0.05) is 0 Å². The molecule has 2 aliphatic rings. The number of ketones is 1. The lowest BCUT2D eigenvalue weighted by molar-refractivity contribution is -0.123. The molecule has 0 aromatic heterocycles. The van der Waals surface area contributed by atoms with Crippen LogP contribution >= 0.6 is 0 Å². The zero-order valence-corrected chi connectivity index (χ0v) is 10.7. The summed E-state index contributed by atoms with van der Waals surface area (Å²) >= 11 is 0. The van der Waals surface area contributed by atoms with Crippen molar-refractivity contribution in [1.29, 1.82) is 0 Å². The van der Waals surface area contributed by atoms with E-state index in [1.165, 1.54) is 0 Å². The van der Waals surface area contributed by atoms with Crippen LogP contribution in [0.3, 0.4) is 0 Å². The van der Waals surface area contributed by atoms with E-state index in [-0.39, 0.29) is 5.92 Å². The summed E-state index contributed by atoms with van der Waals surface area (Å²) in [6, 6.07) is 0. The molecule has 4 nitrogen and oxygen atoms in total. The molecule has 0 aromatic carbocycles. The van der Waals surface area contributed by atoms with E-state index in [0.29, 0.717) is 24.9 Å². The minimum absolute atomic E-state index is 0.145. The van der Waals surface area contributed by atoms with Crippen molar-refractivity contribution in [3.63, 3.8) is 0 Å². The number of ether oxygens (including phenoxy) is 2. The molecule has 0 N–H and O–H groups in total. The molecule has 0 aromatic rings. The Bertz CT molecular complexity index is 245. The van der Waals surface area contributed by atoms with Crippen LogP contribution in [-0.4, -0.2) is 57.2 Å². The van der Waals surface area contributed by atoms with Gasteiger partial charge in [0.2, 0.25) is 0 Å². The highest BCUT2D eigenvalue weighted by Gasteiger charge is 2.25. The van der Waals surface area contributed by atoms with Gasteiger partial charge >= 0.3 is 0 Å². The Hall–Kier alpha value is -0.450. The van der Waals surface area contributed by atoms with Crippen LogP contribution < -0.4 is 0 Å². The third-order valence-corrected chi connectivity index (χ3v) is 3.72. The van der Waals surface area contributed by atoms with Crippen LogP contribution in [0, 0.1) is 11.8 Å². The molecule has 0 saturated carbocycles. The monoisotopic (exact) mass is 241 g/mol. The topological polar surface area (TPSA) is 38.8 Å². The Morgan fingerprint density at radius 2 is 1.88 bits per heavy atom. The molecule has 2 aliphatic heterocycles. The van der Waals surface area contributed by atoms with Crippen molar-refractivity contribution in [2.45, 2.75) is 19.3 Å². The molecule has 0 aliphatic carbocycles. The fourth-order valence-corrected chi connectivity index (χ4v) is 2.62. The number of Topliss-reactive ketones (excluding diaryl/α,β-unsaturated/α-hetero) is 1. The minimum Gasteiger partial charge on any atom is -0.381 e. The maximum absolute atomic E-state index is 12.0. The Balaban J connectivity index is 1.68. The van der Waals surface area contributed by atoms with Crippen LogP contribution in [0.15, 0.2) is 0 Å². The van der Waals surface area contributed by atoms with Gasteiger partial charge in [0.25, 0.3) is 0 Å². The van der Waals surface area contributed by atoms with Gasteiger partial charge in [-0.05, 0) is 32.2 Å². The number of hydrogen-bond donors (Lipinski definition) is 0. The molecule has 1 unspecified atom stereocenters. The number of carbonyl (C=O) groups is 1. The summed E-state index contributed by atoms with van der Waals surface area (Å²) in [5, 5.41) is 0. The van der Waals surface area contributed by atoms with Crippen molar-refractivity contribution in [3.8, 4) is 0 Å². The molecule has 2 saturated heterocycles. The molecule has 2 fully saturated rings. The van der Waals surface area contributed by atoms with Gasteiger partial charge in [-0.25, -0.2) is 0 Å². The Morgan fingerprint density at radius 1 is 1.18 bits per heavy atom. The van der Waals surface area contributed by atoms with Gasteiger partial charge in [-0.15, -0.1) is 0 Å². The van der Waals surface area contributed by atoms with Crippen LogP contribution in [0.25, 0.3) is 0 Å². The summed E-state index contributed by atoms with van der Waals surface area (Å²) in [6.07, 6.45) is 3.17. The Labute approximate surface area is 103 Å². The lowest BCUT2D eigenvalue weighted by atomic mass is 9.99. The quantitative estimate of drug-likeness (QED) is 0.718. The Morgan fingerprint density at radius 3 is 2.53 bits per heavy atom. The van der Waals surface area contributed by atoms with Crippen LogP contribution in [0.5, 0.6) is 0 Å². The fourth-order valence-electron chi connectivity index (χ4n) is 2.62. The van der Waals surface area contributed by atoms with Gasteiger partial charge in [0.15, 0.2) is 5.78 Å². The lowest BCUT2D eigenvalue weighted by Gasteiger charge is -2.27. The molecule has 0 amide bonds. The highest BCUT2D eigenvalue weighted by atomic mass is 16.5. The van der Waals surface area contributed by atoms with Crippen molar-refractivity contribution in [2.24, 2.45) is 11.8 Å². The van der Waals surface area contributed by atoms with Crippen LogP contribution in [0.4, 0.5) is 0 Å². The zero-order valence-electron chi connectivity index (χ0n) is 10.7. The molecule has 4 heteroatoms. The predicted molar refractivity (Wildman–Crippen MR) is 65.0 cm³/mol. The van der Waals surface area contributed by atoms with Gasteiger partial charge in [-0.3, -0.25) is 9.69 Å². The molecule has 0 radical (unpaired) electrons. The van der Waals surface area contributed by atoms with Gasteiger partial charge in [0.1, 0.15) is 0 Å². The minimum atomic E-state index is 0.145. The molecule has 2 rings (SSSR count). The van der Waals surface area contributed by atoms with E-state index in [1.54, 1.807) is 0 Å². The summed E-state index contributed by atoms with van der Waals surface area (Å²) < 4.78 is 10.6. The summed E-state index contributed by atoms with van der Waals surface area (Å²) in [6.45, 7) is 4.73. The highest BCUT2D eigenvalue weighted by Crippen LogP contribution is 2.17. The second-order valence-electron chi connectivity index (χ2n) is 5.28. The number of likely N-dealkylation sites (N-methyl/N-ethyl adjacent to an activating group) is 1. The standard InChI is InChI=1S/C13H23NO3/c1-14(8-11-2-5-16-6-3-11)9-13(15)12-4-7-17-10-12/h11-12H,2-10H2,1H3. The van der Waals surface area contributed by atoms with E-state index < -0.39 is 0 Å². The predicted octanol–water partition coefficient (Wildman–Crippen LogP) is 0.950. The van der Waals surface area contributed by atoms with Crippen molar-refractivity contribution in [1.82, 2.24) is 4.90 Å². The average Bonchev–Trinajstić information content (AvgIpc) is 2.83. The maximum atomic E-state index is 12.0. The zero-order chi connectivity index (χ0) is 12.1. The maximum Gasteiger partial charge on any atom is 0.152 e. The van der Waals surface area contributed by atoms with Crippen LogP contribution in [0.1, 0.15) is 19.3 Å². The number of nitrogens with zero attached hydrogens (tertiary/aromatic N) is 1. The fraction of sp³-hybridized carbons (Fsp3) is 0.923. The van der Waals surface area contributed by atoms with Gasteiger partial charge in [0, 0.05) is 32.3 Å². The third-order valence-electron chi connectivity index (χ3n) is 3.72. The first-order valence-electron chi connectivity index (χ1n) is 6.62. The van der Waals surface area contributed by atoms with Crippen molar-refractivity contribution >= 4 is 5.78 Å². The molecular weight excluding hydrogens is 218 g/mol. The van der Waals surface area contributed by atoms with Gasteiger partial charge in [0.05, 0.1) is 13.2 Å². The largest absolute Gasteiger partial charge is 0.381 e. The van der Waals surface area contributed by atoms with Crippen molar-refractivity contribution in [3.05, 3.63) is 0 Å². The average molecular weight is 241 g/mol. The first-order chi connectivity index (χ1) is 8.25. The van der Waals surface area contributed by atoms with E-state index in [1.807, 2.05) is 7.05 Å². The van der Waals surface area contributed by atoms with E-state index >= 15 is 0 Å². The van der Waals surface area contributed by atoms with Crippen LogP contribution in [-0.2, 0) is 14.3 Å². The Kier molecular flexibility index (Phi) is 4.95. The van der Waals surface area contributed by atoms with E-state index in [9.17, 15) is 4.79 Å². The summed E-state index contributed by atoms with van der Waals surface area (Å²) in [5.74, 6) is 1.19. The number of carbonyl (C=O) groups excluding carboxylic acids is 1. The van der Waals surface area contributed by atoms with E-state index in [4.69, 9.17) is 9.47 Å². The smallest absolute Gasteiger partial charge is 0.152 e. The van der Waals surface area contributed by atoms with E-state index in [2.05, 4.69) is 4.90 Å². The normalized spacial score (nSPS) is 26.6.